The third-order valence-corrected chi connectivity index (χ3v) is 6.56. The van der Waals surface area contributed by atoms with Gasteiger partial charge in [0, 0.05) is 0 Å². The molecule has 1 aromatic heterocycles. The van der Waals surface area contributed by atoms with Gasteiger partial charge in [-0.2, -0.15) is 0 Å². The average Bonchev–Trinajstić information content (AvgIpc) is 3.14. The van der Waals surface area contributed by atoms with Crippen molar-refractivity contribution in [1.29, 1.82) is 0 Å². The van der Waals surface area contributed by atoms with Crippen LogP contribution in [0.2, 0.25) is 10.3 Å². The van der Waals surface area contributed by atoms with Gasteiger partial charge in [-0.15, -0.1) is 0 Å². The molecule has 4 aromatic rings. The van der Waals surface area contributed by atoms with Gasteiger partial charge in [0.15, 0.2) is 0 Å². The first kappa shape index (κ1) is 18.0. The van der Waals surface area contributed by atoms with E-state index in [0.29, 0.717) is 15.0 Å². The molecule has 5 heteroatoms. The van der Waals surface area contributed by atoms with E-state index in [1.807, 2.05) is 42.5 Å². The van der Waals surface area contributed by atoms with Crippen LogP contribution in [0.25, 0.3) is 17.1 Å². The van der Waals surface area contributed by atoms with Gasteiger partial charge in [0.1, 0.15) is 0 Å². The van der Waals surface area contributed by atoms with E-state index in [1.165, 1.54) is 4.46 Å². The van der Waals surface area contributed by atoms with Gasteiger partial charge in [-0.05, 0) is 0 Å². The van der Waals surface area contributed by atoms with Crippen molar-refractivity contribution in [3.8, 4) is 17.1 Å². The summed E-state index contributed by atoms with van der Waals surface area (Å²) in [6.45, 7) is 0. The number of benzene rings is 3. The molecule has 0 atom stereocenters. The maximum atomic E-state index is 6.08. The van der Waals surface area contributed by atoms with Crippen LogP contribution < -0.4 is 4.46 Å². The van der Waals surface area contributed by atoms with E-state index in [4.69, 9.17) is 11.6 Å². The summed E-state index contributed by atoms with van der Waals surface area (Å²) < 4.78 is 3.55. The molecule has 27 heavy (non-hydrogen) atoms. The van der Waals surface area contributed by atoms with Gasteiger partial charge in [0.25, 0.3) is 0 Å². The zero-order chi connectivity index (χ0) is 18.5. The van der Waals surface area contributed by atoms with Crippen molar-refractivity contribution in [2.45, 2.75) is 11.7 Å². The van der Waals surface area contributed by atoms with Gasteiger partial charge in [0.2, 0.25) is 0 Å². The van der Waals surface area contributed by atoms with Crippen LogP contribution in [-0.4, -0.2) is 29.7 Å². The zero-order valence-corrected chi connectivity index (χ0v) is 17.1. The summed E-state index contributed by atoms with van der Waals surface area (Å²) >= 11 is 6.50. The molecule has 4 rings (SSSR count). The van der Waals surface area contributed by atoms with Gasteiger partial charge in [-0.25, -0.2) is 0 Å². The van der Waals surface area contributed by atoms with E-state index >= 15 is 0 Å². The molecule has 0 amide bonds. The first-order valence-electron chi connectivity index (χ1n) is 8.75. The van der Waals surface area contributed by atoms with Crippen LogP contribution in [0.1, 0.15) is 5.82 Å². The third-order valence-electron chi connectivity index (χ3n) is 4.18. The Bertz CT molecular complexity index is 999. The number of halogens is 1. The molecule has 0 saturated heterocycles. The molecule has 0 N–H and O–H groups in total. The summed E-state index contributed by atoms with van der Waals surface area (Å²) in [4.78, 5) is 0. The monoisotopic (exact) mass is 439 g/mol. The summed E-state index contributed by atoms with van der Waals surface area (Å²) in [7, 11) is 0. The summed E-state index contributed by atoms with van der Waals surface area (Å²) in [6, 6.07) is 28.7. The molecular formula is C22H18ClN3Se. The van der Waals surface area contributed by atoms with Gasteiger partial charge in [-0.1, -0.05) is 0 Å². The van der Waals surface area contributed by atoms with Crippen molar-refractivity contribution in [2.24, 2.45) is 0 Å². The molecule has 0 aliphatic carbocycles. The van der Waals surface area contributed by atoms with E-state index in [2.05, 4.69) is 57.2 Å². The number of hydrogen-bond acceptors (Lipinski definition) is 2. The Morgan fingerprint density at radius 2 is 1.44 bits per heavy atom. The van der Waals surface area contributed by atoms with E-state index in [0.717, 1.165) is 39.7 Å². The molecule has 0 aliphatic heterocycles. The van der Waals surface area contributed by atoms with Crippen molar-refractivity contribution in [2.75, 3.05) is 0 Å². The van der Waals surface area contributed by atoms with Crippen LogP contribution in [0.15, 0.2) is 84.9 Å². The first-order chi connectivity index (χ1) is 13.3. The molecule has 3 nitrogen and oxygen atoms in total. The predicted octanol–water partition coefficient (Wildman–Crippen LogP) is 4.58. The maximum absolute atomic E-state index is 6.08. The quantitative estimate of drug-likeness (QED) is 0.413. The molecule has 134 valence electrons. The molecule has 0 spiro atoms. The molecule has 0 saturated carbocycles. The van der Waals surface area contributed by atoms with Gasteiger partial charge >= 0.3 is 170 Å². The summed E-state index contributed by atoms with van der Waals surface area (Å²) in [5, 5.41) is 10.8. The number of hydrogen-bond donors (Lipinski definition) is 0. The van der Waals surface area contributed by atoms with Crippen LogP contribution in [0.5, 0.6) is 0 Å². The molecule has 0 unspecified atom stereocenters. The fourth-order valence-corrected chi connectivity index (χ4v) is 4.84. The second-order valence-corrected chi connectivity index (χ2v) is 8.92. The first-order valence-corrected chi connectivity index (χ1v) is 11.2. The Morgan fingerprint density at radius 3 is 2.15 bits per heavy atom. The molecule has 0 bridgehead atoms. The summed E-state index contributed by atoms with van der Waals surface area (Å²) in [5.41, 5.74) is 2.09. The van der Waals surface area contributed by atoms with E-state index in [-0.39, 0.29) is 0 Å². The van der Waals surface area contributed by atoms with E-state index < -0.39 is 0 Å². The number of aromatic nitrogens is 3. The van der Waals surface area contributed by atoms with Crippen LogP contribution in [0.4, 0.5) is 0 Å². The second kappa shape index (κ2) is 8.53. The van der Waals surface area contributed by atoms with Crippen molar-refractivity contribution in [1.82, 2.24) is 14.8 Å². The third kappa shape index (κ3) is 4.30. The Labute approximate surface area is 170 Å². The molecule has 0 radical (unpaired) electrons. The Kier molecular flexibility index (Phi) is 5.69. The molecule has 0 aliphatic rings. The minimum atomic E-state index is 0.422. The zero-order valence-electron chi connectivity index (χ0n) is 14.6. The van der Waals surface area contributed by atoms with Crippen LogP contribution in [-0.2, 0) is 6.42 Å². The van der Waals surface area contributed by atoms with Gasteiger partial charge < -0.3 is 0 Å². The SMILES string of the molecule is Clc1ccc(-n2c(CC[Se]c3ccccc3)nnc2-c2ccccc2)cc1. The number of rotatable bonds is 6. The number of aryl methyl sites for hydroxylation is 1. The van der Waals surface area contributed by atoms with Crippen LogP contribution >= 0.6 is 11.6 Å². The predicted molar refractivity (Wildman–Crippen MR) is 112 cm³/mol. The topological polar surface area (TPSA) is 30.7 Å². The van der Waals surface area contributed by atoms with Crippen LogP contribution in [0.3, 0.4) is 0 Å². The second-order valence-electron chi connectivity index (χ2n) is 6.03. The Hall–Kier alpha value is -2.39. The Balaban J connectivity index is 1.64. The van der Waals surface area contributed by atoms with E-state index in [9.17, 15) is 0 Å². The summed E-state index contributed by atoms with van der Waals surface area (Å²) in [5.74, 6) is 1.84. The Morgan fingerprint density at radius 1 is 0.778 bits per heavy atom. The number of nitrogens with zero attached hydrogens (tertiary/aromatic N) is 3. The van der Waals surface area contributed by atoms with Crippen molar-refractivity contribution < 1.29 is 0 Å². The normalized spacial score (nSPS) is 10.9. The molecule has 1 heterocycles. The van der Waals surface area contributed by atoms with Crippen molar-refractivity contribution in [3.63, 3.8) is 0 Å². The minimum absolute atomic E-state index is 0.422. The van der Waals surface area contributed by atoms with Crippen molar-refractivity contribution >= 4 is 31.0 Å². The molecular weight excluding hydrogens is 421 g/mol. The fourth-order valence-electron chi connectivity index (χ4n) is 2.89. The van der Waals surface area contributed by atoms with Gasteiger partial charge in [0.05, 0.1) is 0 Å². The molecule has 0 fully saturated rings. The van der Waals surface area contributed by atoms with Crippen LogP contribution in [0, 0.1) is 0 Å². The summed E-state index contributed by atoms with van der Waals surface area (Å²) in [6.07, 6.45) is 0.886. The fraction of sp³-hybridized carbons (Fsp3) is 0.0909. The average molecular weight is 439 g/mol. The standard InChI is InChI=1S/C22H18ClN3Se/c23-18-11-13-19(14-12-18)26-21(15-16-27-20-9-5-2-6-10-20)24-25-22(26)17-7-3-1-4-8-17/h1-14H,15-16H2. The van der Waals surface area contributed by atoms with Gasteiger partial charge in [-0.3, -0.25) is 0 Å². The van der Waals surface area contributed by atoms with Crippen molar-refractivity contribution in [3.05, 3.63) is 95.8 Å². The molecule has 3 aromatic carbocycles. The van der Waals surface area contributed by atoms with E-state index in [1.54, 1.807) is 0 Å².